The molecular formula is C30H27F3N4O2. The topological polar surface area (TPSA) is 86.9 Å². The standard InChI is InChI=1S/C30H27F3N4O2/c1-30(2)16-35-29(39)25-24(18-6-4-3-5-7-18)26(37-27(25)30)19-12-13-34-23(14-19)36-28(38)21(15-22(32)33)17-8-10-20(31)11-9-17/h3-14,21-22,37H,15-16H2,1-2H3,(H,35,39)(H,34,36,38). The molecule has 0 bridgehead atoms. The average molecular weight is 533 g/mol. The molecule has 39 heavy (non-hydrogen) atoms. The second kappa shape index (κ2) is 10.4. The van der Waals surface area contributed by atoms with Crippen molar-refractivity contribution in [2.45, 2.75) is 38.0 Å². The van der Waals surface area contributed by atoms with E-state index >= 15 is 0 Å². The van der Waals surface area contributed by atoms with Gasteiger partial charge in [0.15, 0.2) is 0 Å². The Bertz CT molecular complexity index is 1520. The summed E-state index contributed by atoms with van der Waals surface area (Å²) >= 11 is 0. The van der Waals surface area contributed by atoms with Crippen LogP contribution in [-0.2, 0) is 10.2 Å². The average Bonchev–Trinajstić information content (AvgIpc) is 3.34. The van der Waals surface area contributed by atoms with Crippen molar-refractivity contribution in [2.75, 3.05) is 11.9 Å². The Morgan fingerprint density at radius 2 is 1.74 bits per heavy atom. The zero-order valence-electron chi connectivity index (χ0n) is 21.4. The van der Waals surface area contributed by atoms with Gasteiger partial charge in [0.25, 0.3) is 5.91 Å². The quantitative estimate of drug-likeness (QED) is 0.262. The van der Waals surface area contributed by atoms with Gasteiger partial charge in [-0.15, -0.1) is 0 Å². The second-order valence-corrected chi connectivity index (χ2v) is 10.2. The van der Waals surface area contributed by atoms with Gasteiger partial charge in [0.05, 0.1) is 17.2 Å². The van der Waals surface area contributed by atoms with Gasteiger partial charge in [0, 0.05) is 41.4 Å². The molecule has 1 aliphatic heterocycles. The number of H-pyrrole nitrogens is 1. The highest BCUT2D eigenvalue weighted by molar-refractivity contribution is 6.07. The molecular weight excluding hydrogens is 505 g/mol. The summed E-state index contributed by atoms with van der Waals surface area (Å²) < 4.78 is 40.1. The van der Waals surface area contributed by atoms with Crippen LogP contribution in [-0.4, -0.2) is 34.8 Å². The van der Waals surface area contributed by atoms with Crippen molar-refractivity contribution in [1.82, 2.24) is 15.3 Å². The molecule has 1 atom stereocenters. The molecule has 3 N–H and O–H groups in total. The third-order valence-corrected chi connectivity index (χ3v) is 6.96. The maximum absolute atomic E-state index is 13.4. The van der Waals surface area contributed by atoms with Crippen LogP contribution in [0.1, 0.15) is 47.8 Å². The molecule has 0 fully saturated rings. The van der Waals surface area contributed by atoms with Gasteiger partial charge >= 0.3 is 0 Å². The normalized spacial score (nSPS) is 15.0. The van der Waals surface area contributed by atoms with E-state index in [2.05, 4.69) is 20.6 Å². The van der Waals surface area contributed by atoms with Gasteiger partial charge in [0.2, 0.25) is 12.3 Å². The Morgan fingerprint density at radius 1 is 1.03 bits per heavy atom. The lowest BCUT2D eigenvalue weighted by Crippen LogP contribution is -2.43. The molecule has 0 saturated heterocycles. The van der Waals surface area contributed by atoms with Gasteiger partial charge in [-0.05, 0) is 35.4 Å². The second-order valence-electron chi connectivity index (χ2n) is 10.2. The van der Waals surface area contributed by atoms with E-state index in [4.69, 9.17) is 0 Å². The van der Waals surface area contributed by atoms with Crippen molar-refractivity contribution in [3.63, 3.8) is 0 Å². The molecule has 2 aromatic heterocycles. The van der Waals surface area contributed by atoms with Gasteiger partial charge in [-0.25, -0.2) is 18.2 Å². The fraction of sp³-hybridized carbons (Fsp3) is 0.233. The van der Waals surface area contributed by atoms with E-state index in [1.807, 2.05) is 44.2 Å². The number of pyridine rings is 1. The summed E-state index contributed by atoms with van der Waals surface area (Å²) in [7, 11) is 0. The van der Waals surface area contributed by atoms with Gasteiger partial charge < -0.3 is 15.6 Å². The molecule has 6 nitrogen and oxygen atoms in total. The Balaban J connectivity index is 1.54. The van der Waals surface area contributed by atoms with Crippen LogP contribution in [0.15, 0.2) is 72.9 Å². The van der Waals surface area contributed by atoms with Gasteiger partial charge in [-0.3, -0.25) is 9.59 Å². The first-order valence-corrected chi connectivity index (χ1v) is 12.5. The summed E-state index contributed by atoms with van der Waals surface area (Å²) in [5.74, 6) is -2.42. The van der Waals surface area contributed by atoms with Crippen molar-refractivity contribution in [3.8, 4) is 22.4 Å². The van der Waals surface area contributed by atoms with Crippen molar-refractivity contribution in [1.29, 1.82) is 0 Å². The Labute approximate surface area is 223 Å². The van der Waals surface area contributed by atoms with E-state index < -0.39 is 30.5 Å². The van der Waals surface area contributed by atoms with E-state index in [-0.39, 0.29) is 22.7 Å². The number of carbonyl (C=O) groups is 2. The zero-order valence-corrected chi connectivity index (χ0v) is 21.4. The number of nitrogens with one attached hydrogen (secondary N) is 3. The summed E-state index contributed by atoms with van der Waals surface area (Å²) in [6.07, 6.45) is -1.95. The first kappa shape index (κ1) is 26.2. The van der Waals surface area contributed by atoms with Crippen LogP contribution in [0.5, 0.6) is 0 Å². The number of rotatable bonds is 7. The van der Waals surface area contributed by atoms with Crippen LogP contribution in [0.3, 0.4) is 0 Å². The minimum atomic E-state index is -2.74. The van der Waals surface area contributed by atoms with Crippen LogP contribution < -0.4 is 10.6 Å². The minimum absolute atomic E-state index is 0.161. The minimum Gasteiger partial charge on any atom is -0.357 e. The highest BCUT2D eigenvalue weighted by atomic mass is 19.3. The highest BCUT2D eigenvalue weighted by Gasteiger charge is 2.37. The Kier molecular flexibility index (Phi) is 6.99. The summed E-state index contributed by atoms with van der Waals surface area (Å²) in [6, 6.07) is 17.8. The molecule has 0 saturated carbocycles. The number of hydrogen-bond donors (Lipinski definition) is 3. The molecule has 3 heterocycles. The van der Waals surface area contributed by atoms with E-state index in [0.717, 1.165) is 29.0 Å². The number of aromatic amines is 1. The molecule has 2 aromatic carbocycles. The number of amides is 2. The summed E-state index contributed by atoms with van der Waals surface area (Å²) in [5, 5.41) is 5.62. The van der Waals surface area contributed by atoms with Gasteiger partial charge in [-0.1, -0.05) is 56.3 Å². The highest BCUT2D eigenvalue weighted by Crippen LogP contribution is 2.42. The van der Waals surface area contributed by atoms with E-state index in [0.29, 0.717) is 23.4 Å². The number of nitrogens with zero attached hydrogens (tertiary/aromatic N) is 1. The van der Waals surface area contributed by atoms with Crippen molar-refractivity contribution >= 4 is 17.6 Å². The lowest BCUT2D eigenvalue weighted by molar-refractivity contribution is -0.118. The number of hydrogen-bond acceptors (Lipinski definition) is 3. The largest absolute Gasteiger partial charge is 0.357 e. The molecule has 0 spiro atoms. The van der Waals surface area contributed by atoms with Crippen LogP contribution in [0.25, 0.3) is 22.4 Å². The molecule has 4 aromatic rings. The predicted octanol–water partition coefficient (Wildman–Crippen LogP) is 6.28. The number of anilines is 1. The molecule has 1 aliphatic rings. The maximum atomic E-state index is 13.4. The number of alkyl halides is 2. The number of aromatic nitrogens is 2. The third kappa shape index (κ3) is 5.30. The lowest BCUT2D eigenvalue weighted by Gasteiger charge is -2.30. The van der Waals surface area contributed by atoms with E-state index in [9.17, 15) is 22.8 Å². The lowest BCUT2D eigenvalue weighted by atomic mass is 9.82. The molecule has 0 aliphatic carbocycles. The van der Waals surface area contributed by atoms with Crippen LogP contribution >= 0.6 is 0 Å². The number of benzene rings is 2. The van der Waals surface area contributed by atoms with E-state index in [1.165, 1.54) is 18.3 Å². The molecule has 9 heteroatoms. The molecule has 0 radical (unpaired) electrons. The fourth-order valence-corrected chi connectivity index (χ4v) is 4.96. The van der Waals surface area contributed by atoms with Crippen molar-refractivity contribution in [3.05, 3.63) is 95.6 Å². The number of carbonyl (C=O) groups excluding carboxylic acids is 2. The molecule has 5 rings (SSSR count). The zero-order chi connectivity index (χ0) is 27.7. The molecule has 2 amide bonds. The van der Waals surface area contributed by atoms with Crippen molar-refractivity contribution < 1.29 is 22.8 Å². The molecule has 200 valence electrons. The SMILES string of the molecule is CC1(C)CNC(=O)c2c1[nH]c(-c1ccnc(NC(=O)C(CC(F)F)c3ccc(F)cc3)c1)c2-c1ccccc1. The smallest absolute Gasteiger partial charge is 0.253 e. The Hall–Kier alpha value is -4.40. The van der Waals surface area contributed by atoms with Crippen LogP contribution in [0.4, 0.5) is 19.0 Å². The fourth-order valence-electron chi connectivity index (χ4n) is 4.96. The first-order valence-electron chi connectivity index (χ1n) is 12.5. The number of fused-ring (bicyclic) bond motifs is 1. The summed E-state index contributed by atoms with van der Waals surface area (Å²) in [6.45, 7) is 4.55. The monoisotopic (exact) mass is 532 g/mol. The third-order valence-electron chi connectivity index (χ3n) is 6.96. The van der Waals surface area contributed by atoms with Gasteiger partial charge in [-0.2, -0.15) is 0 Å². The van der Waals surface area contributed by atoms with Crippen LogP contribution in [0.2, 0.25) is 0 Å². The van der Waals surface area contributed by atoms with E-state index in [1.54, 1.807) is 12.1 Å². The van der Waals surface area contributed by atoms with Crippen LogP contribution in [0, 0.1) is 5.82 Å². The summed E-state index contributed by atoms with van der Waals surface area (Å²) in [5.41, 5.74) is 4.18. The van der Waals surface area contributed by atoms with Crippen molar-refractivity contribution in [2.24, 2.45) is 0 Å². The first-order chi connectivity index (χ1) is 18.6. The number of halogens is 3. The van der Waals surface area contributed by atoms with Gasteiger partial charge in [0.1, 0.15) is 11.6 Å². The summed E-state index contributed by atoms with van der Waals surface area (Å²) in [4.78, 5) is 33.9. The molecule has 1 unspecified atom stereocenters. The Morgan fingerprint density at radius 3 is 2.44 bits per heavy atom. The maximum Gasteiger partial charge on any atom is 0.253 e. The predicted molar refractivity (Wildman–Crippen MR) is 143 cm³/mol.